The standard InChI is InChI=1S/C21H18F5NO4S/c1-21(20(28)27-10-2-4-11(5-3-10)31-12-6-32-7-12)8-29-19(30-9-21)13-14(22)16(24)18(26)17(25)15(13)23/h2-5,12,19H,6-9H2,1H3,(H,27,28). The SMILES string of the molecule is CC1(C(=O)Nc2ccc(OC3CSC3)cc2)COC(c2c(F)c(F)c(F)c(F)c2F)OC1. The molecule has 2 saturated heterocycles. The van der Waals surface area contributed by atoms with E-state index in [1.807, 2.05) is 0 Å². The number of rotatable bonds is 5. The van der Waals surface area contributed by atoms with E-state index in [1.54, 1.807) is 36.0 Å². The molecule has 32 heavy (non-hydrogen) atoms. The van der Waals surface area contributed by atoms with Gasteiger partial charge in [0.05, 0.1) is 24.2 Å². The summed E-state index contributed by atoms with van der Waals surface area (Å²) in [5, 5.41) is 2.69. The Kier molecular flexibility index (Phi) is 6.33. The maximum atomic E-state index is 14.0. The van der Waals surface area contributed by atoms with Crippen LogP contribution in [-0.2, 0) is 14.3 Å². The Morgan fingerprint density at radius 1 is 0.969 bits per heavy atom. The lowest BCUT2D eigenvalue weighted by molar-refractivity contribution is -0.228. The third-order valence-corrected chi connectivity index (χ3v) is 6.37. The summed E-state index contributed by atoms with van der Waals surface area (Å²) in [6.45, 7) is 0.746. The number of ether oxygens (including phenoxy) is 3. The van der Waals surface area contributed by atoms with Gasteiger partial charge in [0.25, 0.3) is 0 Å². The van der Waals surface area contributed by atoms with Crippen molar-refractivity contribution in [2.45, 2.75) is 19.3 Å². The Bertz CT molecular complexity index is 995. The van der Waals surface area contributed by atoms with Gasteiger partial charge in [-0.15, -0.1) is 0 Å². The molecule has 1 N–H and O–H groups in total. The average Bonchev–Trinajstić information content (AvgIpc) is 2.76. The van der Waals surface area contributed by atoms with Crippen LogP contribution in [-0.4, -0.2) is 36.7 Å². The summed E-state index contributed by atoms with van der Waals surface area (Å²) in [6.07, 6.45) is -1.66. The number of amides is 1. The minimum absolute atomic E-state index is 0.182. The van der Waals surface area contributed by atoms with Crippen molar-refractivity contribution in [2.24, 2.45) is 5.41 Å². The van der Waals surface area contributed by atoms with Crippen LogP contribution < -0.4 is 10.1 Å². The largest absolute Gasteiger partial charge is 0.489 e. The maximum absolute atomic E-state index is 14.0. The van der Waals surface area contributed by atoms with E-state index < -0.39 is 52.3 Å². The second-order valence-electron chi connectivity index (χ2n) is 7.75. The smallest absolute Gasteiger partial charge is 0.234 e. The number of thioether (sulfide) groups is 1. The van der Waals surface area contributed by atoms with E-state index in [2.05, 4.69) is 5.32 Å². The minimum Gasteiger partial charge on any atom is -0.489 e. The highest BCUT2D eigenvalue weighted by atomic mass is 32.2. The predicted molar refractivity (Wildman–Crippen MR) is 106 cm³/mol. The van der Waals surface area contributed by atoms with Crippen molar-refractivity contribution in [3.63, 3.8) is 0 Å². The normalized spacial score (nSPS) is 23.5. The van der Waals surface area contributed by atoms with Gasteiger partial charge in [-0.2, -0.15) is 11.8 Å². The molecule has 0 unspecified atom stereocenters. The molecule has 0 atom stereocenters. The first-order valence-electron chi connectivity index (χ1n) is 9.60. The fraction of sp³-hybridized carbons (Fsp3) is 0.381. The van der Waals surface area contributed by atoms with E-state index in [4.69, 9.17) is 14.2 Å². The van der Waals surface area contributed by atoms with Gasteiger partial charge in [-0.05, 0) is 31.2 Å². The van der Waals surface area contributed by atoms with Crippen molar-refractivity contribution in [1.29, 1.82) is 0 Å². The molecule has 2 fully saturated rings. The first-order valence-corrected chi connectivity index (χ1v) is 10.8. The summed E-state index contributed by atoms with van der Waals surface area (Å²) in [6, 6.07) is 6.75. The molecule has 0 saturated carbocycles. The van der Waals surface area contributed by atoms with Crippen molar-refractivity contribution in [3.05, 3.63) is 58.9 Å². The molecule has 2 aromatic carbocycles. The van der Waals surface area contributed by atoms with E-state index in [0.717, 1.165) is 11.5 Å². The van der Waals surface area contributed by atoms with Crippen LogP contribution in [0, 0.1) is 34.5 Å². The first-order chi connectivity index (χ1) is 15.2. The summed E-state index contributed by atoms with van der Waals surface area (Å²) in [7, 11) is 0. The van der Waals surface area contributed by atoms with Crippen LogP contribution in [0.15, 0.2) is 24.3 Å². The van der Waals surface area contributed by atoms with Gasteiger partial charge in [-0.3, -0.25) is 4.79 Å². The Hall–Kier alpha value is -2.37. The lowest BCUT2D eigenvalue weighted by Crippen LogP contribution is -2.45. The molecule has 0 aromatic heterocycles. The molecule has 2 heterocycles. The molecule has 172 valence electrons. The van der Waals surface area contributed by atoms with Crippen LogP contribution >= 0.6 is 11.8 Å². The summed E-state index contributed by atoms with van der Waals surface area (Å²) in [5.41, 5.74) is -2.02. The third-order valence-electron chi connectivity index (χ3n) is 5.16. The van der Waals surface area contributed by atoms with Gasteiger partial charge in [-0.25, -0.2) is 22.0 Å². The zero-order chi connectivity index (χ0) is 23.0. The molecule has 0 spiro atoms. The number of hydrogen-bond donors (Lipinski definition) is 1. The summed E-state index contributed by atoms with van der Waals surface area (Å²) >= 11 is 1.79. The number of halogens is 5. The van der Waals surface area contributed by atoms with Crippen molar-refractivity contribution in [1.82, 2.24) is 0 Å². The molecule has 0 radical (unpaired) electrons. The number of carbonyl (C=O) groups is 1. The highest BCUT2D eigenvalue weighted by Crippen LogP contribution is 2.37. The lowest BCUT2D eigenvalue weighted by atomic mass is 9.90. The highest BCUT2D eigenvalue weighted by Gasteiger charge is 2.42. The summed E-state index contributed by atoms with van der Waals surface area (Å²) < 4.78 is 84.2. The minimum atomic E-state index is -2.27. The summed E-state index contributed by atoms with van der Waals surface area (Å²) in [5.74, 6) is -8.50. The second kappa shape index (κ2) is 8.87. The Morgan fingerprint density at radius 2 is 1.50 bits per heavy atom. The van der Waals surface area contributed by atoms with Gasteiger partial charge < -0.3 is 19.5 Å². The molecule has 2 aliphatic rings. The zero-order valence-electron chi connectivity index (χ0n) is 16.7. The average molecular weight is 475 g/mol. The third kappa shape index (κ3) is 4.28. The van der Waals surface area contributed by atoms with Crippen LogP contribution in [0.1, 0.15) is 18.8 Å². The monoisotopic (exact) mass is 475 g/mol. The molecule has 4 rings (SSSR count). The molecule has 0 bridgehead atoms. The first kappa shape index (κ1) is 22.8. The fourth-order valence-electron chi connectivity index (χ4n) is 3.11. The van der Waals surface area contributed by atoms with Crippen LogP contribution in [0.25, 0.3) is 0 Å². The number of carbonyl (C=O) groups excluding carboxylic acids is 1. The van der Waals surface area contributed by atoms with E-state index in [-0.39, 0.29) is 19.3 Å². The zero-order valence-corrected chi connectivity index (χ0v) is 17.5. The van der Waals surface area contributed by atoms with Crippen LogP contribution in [0.3, 0.4) is 0 Å². The highest BCUT2D eigenvalue weighted by molar-refractivity contribution is 8.00. The van der Waals surface area contributed by atoms with Crippen molar-refractivity contribution < 1.29 is 41.0 Å². The van der Waals surface area contributed by atoms with Crippen LogP contribution in [0.4, 0.5) is 27.6 Å². The number of anilines is 1. The lowest BCUT2D eigenvalue weighted by Gasteiger charge is -2.36. The number of benzene rings is 2. The summed E-state index contributed by atoms with van der Waals surface area (Å²) in [4.78, 5) is 12.7. The van der Waals surface area contributed by atoms with Gasteiger partial charge in [0, 0.05) is 17.2 Å². The van der Waals surface area contributed by atoms with Crippen LogP contribution in [0.5, 0.6) is 5.75 Å². The molecular weight excluding hydrogens is 457 g/mol. The molecule has 0 aliphatic carbocycles. The fourth-order valence-corrected chi connectivity index (χ4v) is 3.67. The predicted octanol–water partition coefficient (Wildman–Crippen LogP) is 4.57. The Labute approximate surface area is 184 Å². The molecule has 1 amide bonds. The second-order valence-corrected chi connectivity index (χ2v) is 8.83. The topological polar surface area (TPSA) is 56.8 Å². The van der Waals surface area contributed by atoms with Gasteiger partial charge in [0.1, 0.15) is 11.9 Å². The van der Waals surface area contributed by atoms with Crippen LogP contribution in [0.2, 0.25) is 0 Å². The molecule has 2 aliphatic heterocycles. The number of hydrogen-bond acceptors (Lipinski definition) is 5. The van der Waals surface area contributed by atoms with Gasteiger partial charge in [0.15, 0.2) is 29.6 Å². The molecule has 5 nitrogen and oxygen atoms in total. The Balaban J connectivity index is 1.40. The van der Waals surface area contributed by atoms with E-state index in [1.165, 1.54) is 6.92 Å². The van der Waals surface area contributed by atoms with Crippen molar-refractivity contribution >= 4 is 23.4 Å². The molecule has 2 aromatic rings. The van der Waals surface area contributed by atoms with E-state index in [9.17, 15) is 26.7 Å². The molecule has 11 heteroatoms. The Morgan fingerprint density at radius 3 is 2.00 bits per heavy atom. The van der Waals surface area contributed by atoms with Gasteiger partial charge in [0.2, 0.25) is 11.7 Å². The van der Waals surface area contributed by atoms with Gasteiger partial charge >= 0.3 is 0 Å². The quantitative estimate of drug-likeness (QED) is 0.390. The van der Waals surface area contributed by atoms with Gasteiger partial charge in [-0.1, -0.05) is 0 Å². The maximum Gasteiger partial charge on any atom is 0.234 e. The van der Waals surface area contributed by atoms with Crippen molar-refractivity contribution in [2.75, 3.05) is 30.0 Å². The van der Waals surface area contributed by atoms with E-state index >= 15 is 0 Å². The molecular formula is C21H18F5NO4S. The van der Waals surface area contributed by atoms with E-state index in [0.29, 0.717) is 11.4 Å². The van der Waals surface area contributed by atoms with Crippen molar-refractivity contribution in [3.8, 4) is 5.75 Å². The number of nitrogens with one attached hydrogen (secondary N) is 1.